The lowest BCUT2D eigenvalue weighted by molar-refractivity contribution is -0.278. The van der Waals surface area contributed by atoms with Crippen LogP contribution in [0.1, 0.15) is 53.9 Å². The fraction of sp³-hybridized carbons (Fsp3) is 1.00. The maximum absolute atomic E-state index is 11.0. The first-order chi connectivity index (χ1) is 11.3. The van der Waals surface area contributed by atoms with Gasteiger partial charge in [0.15, 0.2) is 19.9 Å². The summed E-state index contributed by atoms with van der Waals surface area (Å²) in [5.41, 5.74) is 0. The SMILES string of the molecule is CC1(C)O[C@H]2[C@@H](O1)C(O)(CCCCO)O[C@@H]2CO[Si](C)(C)C(C)(C)C. The Morgan fingerprint density at radius 3 is 2.28 bits per heavy atom. The molecule has 4 atom stereocenters. The highest BCUT2D eigenvalue weighted by atomic mass is 28.4. The zero-order chi connectivity index (χ0) is 19.1. The van der Waals surface area contributed by atoms with E-state index < -0.39 is 26.0 Å². The molecule has 0 saturated carbocycles. The molecule has 2 heterocycles. The molecule has 0 radical (unpaired) electrons. The van der Waals surface area contributed by atoms with Crippen molar-refractivity contribution in [2.75, 3.05) is 13.2 Å². The van der Waals surface area contributed by atoms with E-state index in [4.69, 9.17) is 23.7 Å². The molecule has 2 aliphatic rings. The van der Waals surface area contributed by atoms with Gasteiger partial charge in [0.1, 0.15) is 18.3 Å². The topological polar surface area (TPSA) is 77.4 Å². The molecular weight excluding hydrogens is 340 g/mol. The smallest absolute Gasteiger partial charge is 0.195 e. The third-order valence-corrected chi connectivity index (χ3v) is 10.2. The van der Waals surface area contributed by atoms with E-state index in [2.05, 4.69) is 33.9 Å². The maximum atomic E-state index is 11.0. The van der Waals surface area contributed by atoms with Gasteiger partial charge in [-0.2, -0.15) is 0 Å². The molecule has 2 saturated heterocycles. The molecule has 0 aromatic rings. The molecule has 0 spiro atoms. The largest absolute Gasteiger partial charge is 0.414 e. The Morgan fingerprint density at radius 2 is 1.72 bits per heavy atom. The van der Waals surface area contributed by atoms with Crippen molar-refractivity contribution in [3.05, 3.63) is 0 Å². The third-order valence-electron chi connectivity index (χ3n) is 5.65. The van der Waals surface area contributed by atoms with E-state index in [0.29, 0.717) is 25.9 Å². The molecule has 1 unspecified atom stereocenters. The summed E-state index contributed by atoms with van der Waals surface area (Å²) >= 11 is 0. The molecule has 2 aliphatic heterocycles. The fourth-order valence-electron chi connectivity index (χ4n) is 3.13. The number of hydrogen-bond donors (Lipinski definition) is 2. The normalized spacial score (nSPS) is 35.2. The highest BCUT2D eigenvalue weighted by Crippen LogP contribution is 2.46. The fourth-order valence-corrected chi connectivity index (χ4v) is 4.15. The molecule has 6 nitrogen and oxygen atoms in total. The van der Waals surface area contributed by atoms with Gasteiger partial charge in [-0.05, 0) is 44.8 Å². The Bertz CT molecular complexity index is 461. The maximum Gasteiger partial charge on any atom is 0.195 e. The number of aliphatic hydroxyl groups is 2. The molecule has 2 N–H and O–H groups in total. The van der Waals surface area contributed by atoms with Crippen LogP contribution in [0.4, 0.5) is 0 Å². The van der Waals surface area contributed by atoms with E-state index in [9.17, 15) is 5.11 Å². The van der Waals surface area contributed by atoms with Crippen LogP contribution in [0.15, 0.2) is 0 Å². The minimum atomic E-state index is -1.92. The van der Waals surface area contributed by atoms with Gasteiger partial charge >= 0.3 is 0 Å². The second kappa shape index (κ2) is 7.18. The van der Waals surface area contributed by atoms with Gasteiger partial charge in [-0.1, -0.05) is 20.8 Å². The van der Waals surface area contributed by atoms with Crippen LogP contribution in [-0.4, -0.2) is 61.6 Å². The summed E-state index contributed by atoms with van der Waals surface area (Å²) in [6, 6.07) is 0. The lowest BCUT2D eigenvalue weighted by Gasteiger charge is -2.37. The van der Waals surface area contributed by atoms with Crippen molar-refractivity contribution in [2.24, 2.45) is 0 Å². The molecule has 0 amide bonds. The van der Waals surface area contributed by atoms with Crippen LogP contribution in [0.3, 0.4) is 0 Å². The predicted molar refractivity (Wildman–Crippen MR) is 97.7 cm³/mol. The number of ether oxygens (including phenoxy) is 3. The highest BCUT2D eigenvalue weighted by Gasteiger charge is 2.62. The zero-order valence-electron chi connectivity index (χ0n) is 16.8. The first-order valence-electron chi connectivity index (χ1n) is 9.32. The summed E-state index contributed by atoms with van der Waals surface area (Å²) in [6.45, 7) is 15.2. The lowest BCUT2D eigenvalue weighted by atomic mass is 10.0. The lowest BCUT2D eigenvalue weighted by Crippen LogP contribution is -2.44. The molecule has 2 rings (SSSR count). The van der Waals surface area contributed by atoms with E-state index in [1.165, 1.54) is 0 Å². The van der Waals surface area contributed by atoms with Crippen molar-refractivity contribution in [1.29, 1.82) is 0 Å². The Kier molecular flexibility index (Phi) is 6.11. The van der Waals surface area contributed by atoms with Crippen molar-refractivity contribution < 1.29 is 28.8 Å². The number of aliphatic hydroxyl groups excluding tert-OH is 1. The van der Waals surface area contributed by atoms with Gasteiger partial charge in [0.05, 0.1) is 6.61 Å². The summed E-state index contributed by atoms with van der Waals surface area (Å²) in [4.78, 5) is 0. The summed E-state index contributed by atoms with van der Waals surface area (Å²) in [6.07, 6.45) is 0.451. The average molecular weight is 377 g/mol. The Balaban J connectivity index is 2.08. The average Bonchev–Trinajstić information content (AvgIpc) is 2.90. The molecule has 7 heteroatoms. The van der Waals surface area contributed by atoms with Gasteiger partial charge in [-0.15, -0.1) is 0 Å². The standard InChI is InChI=1S/C18H36O6Si/c1-16(2,3)25(6,7)21-12-13-14-15(24-17(4,5)23-14)18(20,22-13)10-8-9-11-19/h13-15,19-20H,8-12H2,1-7H3/t13-,14-,15-,18?/m1/s1. The van der Waals surface area contributed by atoms with E-state index in [1.54, 1.807) is 0 Å². The zero-order valence-corrected chi connectivity index (χ0v) is 17.8. The molecule has 0 aliphatic carbocycles. The van der Waals surface area contributed by atoms with Gasteiger partial charge in [-0.25, -0.2) is 0 Å². The van der Waals surface area contributed by atoms with Crippen LogP contribution in [-0.2, 0) is 18.6 Å². The second-order valence-corrected chi connectivity index (χ2v) is 14.1. The van der Waals surface area contributed by atoms with Crippen molar-refractivity contribution in [3.8, 4) is 0 Å². The number of fused-ring (bicyclic) bond motifs is 1. The quantitative estimate of drug-likeness (QED) is 0.525. The molecule has 25 heavy (non-hydrogen) atoms. The van der Waals surface area contributed by atoms with Gasteiger partial charge in [0.2, 0.25) is 0 Å². The molecule has 0 aromatic heterocycles. The van der Waals surface area contributed by atoms with Crippen LogP contribution >= 0.6 is 0 Å². The van der Waals surface area contributed by atoms with Crippen LogP contribution in [0.2, 0.25) is 18.1 Å². The van der Waals surface area contributed by atoms with Crippen molar-refractivity contribution >= 4 is 8.32 Å². The summed E-state index contributed by atoms with van der Waals surface area (Å²) in [5.74, 6) is -2.14. The molecular formula is C18H36O6Si. The van der Waals surface area contributed by atoms with Crippen molar-refractivity contribution in [1.82, 2.24) is 0 Å². The number of hydrogen-bond acceptors (Lipinski definition) is 6. The Hall–Kier alpha value is -0.0231. The van der Waals surface area contributed by atoms with Gasteiger partial charge in [0, 0.05) is 13.0 Å². The van der Waals surface area contributed by atoms with Crippen molar-refractivity contribution in [3.63, 3.8) is 0 Å². The summed E-state index contributed by atoms with van der Waals surface area (Å²) in [5, 5.41) is 20.1. The monoisotopic (exact) mass is 376 g/mol. The molecule has 2 fully saturated rings. The number of rotatable bonds is 7. The Morgan fingerprint density at radius 1 is 1.08 bits per heavy atom. The molecule has 148 valence electrons. The molecule has 0 bridgehead atoms. The van der Waals surface area contributed by atoms with Crippen molar-refractivity contribution in [2.45, 2.75) is 102 Å². The third kappa shape index (κ3) is 4.64. The first-order valence-corrected chi connectivity index (χ1v) is 12.2. The second-order valence-electron chi connectivity index (χ2n) is 9.27. The van der Waals surface area contributed by atoms with E-state index in [-0.39, 0.29) is 23.9 Å². The van der Waals surface area contributed by atoms with Crippen LogP contribution < -0.4 is 0 Å². The van der Waals surface area contributed by atoms with Gasteiger partial charge in [0.25, 0.3) is 0 Å². The van der Waals surface area contributed by atoms with Crippen LogP contribution in [0.25, 0.3) is 0 Å². The minimum Gasteiger partial charge on any atom is -0.414 e. The van der Waals surface area contributed by atoms with Gasteiger partial charge in [-0.3, -0.25) is 0 Å². The highest BCUT2D eigenvalue weighted by molar-refractivity contribution is 6.74. The van der Waals surface area contributed by atoms with Crippen LogP contribution in [0, 0.1) is 0 Å². The van der Waals surface area contributed by atoms with E-state index in [0.717, 1.165) is 0 Å². The van der Waals surface area contributed by atoms with E-state index in [1.807, 2.05) is 13.8 Å². The minimum absolute atomic E-state index is 0.102. The Labute approximate surface area is 152 Å². The predicted octanol–water partition coefficient (Wildman–Crippen LogP) is 2.78. The molecule has 0 aromatic carbocycles. The number of unbranched alkanes of at least 4 members (excludes halogenated alkanes) is 1. The van der Waals surface area contributed by atoms with E-state index >= 15 is 0 Å². The van der Waals surface area contributed by atoms with Crippen LogP contribution in [0.5, 0.6) is 0 Å². The van der Waals surface area contributed by atoms with Gasteiger partial charge < -0.3 is 28.8 Å². The summed E-state index contributed by atoms with van der Waals surface area (Å²) < 4.78 is 24.2. The summed E-state index contributed by atoms with van der Waals surface area (Å²) in [7, 11) is -1.92. The first kappa shape index (κ1) is 21.3.